The van der Waals surface area contributed by atoms with Crippen molar-refractivity contribution in [3.8, 4) is 0 Å². The van der Waals surface area contributed by atoms with Crippen LogP contribution in [0.4, 0.5) is 0 Å². The van der Waals surface area contributed by atoms with Crippen molar-refractivity contribution in [2.45, 2.75) is 37.9 Å². The molecule has 0 N–H and O–H groups in total. The molecule has 0 amide bonds. The van der Waals surface area contributed by atoms with E-state index in [9.17, 15) is 19.2 Å². The zero-order valence-electron chi connectivity index (χ0n) is 20.8. The maximum atomic E-state index is 13.1. The second kappa shape index (κ2) is 11.7. The van der Waals surface area contributed by atoms with Gasteiger partial charge in [-0.3, -0.25) is 4.79 Å². The van der Waals surface area contributed by atoms with Crippen LogP contribution in [0.2, 0.25) is 0 Å². The predicted octanol–water partition coefficient (Wildman–Crippen LogP) is 3.97. The monoisotopic (exact) mass is 518 g/mol. The van der Waals surface area contributed by atoms with Gasteiger partial charge in [0.1, 0.15) is 12.7 Å². The summed E-state index contributed by atoms with van der Waals surface area (Å²) in [6, 6.07) is 24.6. The molecule has 0 unspecified atom stereocenters. The Hall–Kier alpha value is -4.50. The first-order valence-electron chi connectivity index (χ1n) is 11.9. The molecular weight excluding hydrogens is 492 g/mol. The third-order valence-electron chi connectivity index (χ3n) is 5.90. The van der Waals surface area contributed by atoms with Gasteiger partial charge in [0, 0.05) is 6.92 Å². The van der Waals surface area contributed by atoms with E-state index < -0.39 is 48.0 Å². The summed E-state index contributed by atoms with van der Waals surface area (Å²) in [5.74, 6) is -2.84. The Morgan fingerprint density at radius 3 is 1.68 bits per heavy atom. The summed E-state index contributed by atoms with van der Waals surface area (Å²) in [5, 5.41) is 0. The van der Waals surface area contributed by atoms with Gasteiger partial charge < -0.3 is 23.7 Å². The van der Waals surface area contributed by atoms with E-state index in [0.717, 1.165) is 6.92 Å². The fourth-order valence-electron chi connectivity index (χ4n) is 4.00. The minimum absolute atomic E-state index is 0.224. The van der Waals surface area contributed by atoms with Crippen LogP contribution in [0.1, 0.15) is 44.9 Å². The average molecular weight is 519 g/mol. The third kappa shape index (κ3) is 6.07. The first-order chi connectivity index (χ1) is 18.3. The van der Waals surface area contributed by atoms with Gasteiger partial charge in [-0.15, -0.1) is 0 Å². The summed E-state index contributed by atoms with van der Waals surface area (Å²) in [7, 11) is 0. The van der Waals surface area contributed by atoms with Crippen molar-refractivity contribution in [1.29, 1.82) is 0 Å². The lowest BCUT2D eigenvalue weighted by Crippen LogP contribution is -2.52. The molecule has 1 fully saturated rings. The number of carbonyl (C=O) groups excluding carboxylic acids is 4. The Labute approximate surface area is 219 Å². The van der Waals surface area contributed by atoms with Crippen molar-refractivity contribution >= 4 is 23.9 Å². The van der Waals surface area contributed by atoms with Crippen LogP contribution in [0.25, 0.3) is 0 Å². The molecule has 196 valence electrons. The summed E-state index contributed by atoms with van der Waals surface area (Å²) in [6.45, 7) is 2.22. The van der Waals surface area contributed by atoms with Crippen LogP contribution in [0.15, 0.2) is 91.0 Å². The van der Waals surface area contributed by atoms with E-state index in [1.54, 1.807) is 91.0 Å². The second-order valence-electron chi connectivity index (χ2n) is 8.71. The fourth-order valence-corrected chi connectivity index (χ4v) is 4.00. The number of benzene rings is 3. The van der Waals surface area contributed by atoms with Gasteiger partial charge in [-0.2, -0.15) is 0 Å². The molecule has 1 aliphatic rings. The third-order valence-corrected chi connectivity index (χ3v) is 5.90. The fraction of sp³-hybridized carbons (Fsp3) is 0.241. The minimum Gasteiger partial charge on any atom is -0.459 e. The highest BCUT2D eigenvalue weighted by atomic mass is 16.8. The summed E-state index contributed by atoms with van der Waals surface area (Å²) in [6.07, 6.45) is -3.90. The van der Waals surface area contributed by atoms with Crippen LogP contribution in [0.3, 0.4) is 0 Å². The van der Waals surface area contributed by atoms with Crippen molar-refractivity contribution < 1.29 is 42.9 Å². The Bertz CT molecular complexity index is 1280. The Morgan fingerprint density at radius 2 is 1.18 bits per heavy atom. The van der Waals surface area contributed by atoms with Crippen LogP contribution in [-0.4, -0.2) is 54.6 Å². The molecule has 0 bridgehead atoms. The molecule has 0 radical (unpaired) electrons. The van der Waals surface area contributed by atoms with E-state index >= 15 is 0 Å². The van der Waals surface area contributed by atoms with E-state index in [4.69, 9.17) is 23.7 Å². The van der Waals surface area contributed by atoms with Crippen LogP contribution in [0, 0.1) is 0 Å². The van der Waals surface area contributed by atoms with Crippen molar-refractivity contribution in [1.82, 2.24) is 0 Å². The summed E-state index contributed by atoms with van der Waals surface area (Å²) < 4.78 is 28.2. The molecule has 38 heavy (non-hydrogen) atoms. The highest BCUT2D eigenvalue weighted by Crippen LogP contribution is 2.39. The molecule has 1 saturated heterocycles. The minimum atomic E-state index is -1.78. The van der Waals surface area contributed by atoms with Gasteiger partial charge in [-0.1, -0.05) is 54.6 Å². The van der Waals surface area contributed by atoms with Crippen molar-refractivity contribution in [3.05, 3.63) is 108 Å². The normalized spacial score (nSPS) is 22.2. The number of ether oxygens (including phenoxy) is 5. The van der Waals surface area contributed by atoms with Crippen molar-refractivity contribution in [2.75, 3.05) is 6.61 Å². The van der Waals surface area contributed by atoms with Gasteiger partial charge in [0.15, 0.2) is 6.10 Å². The summed E-state index contributed by atoms with van der Waals surface area (Å²) in [5.41, 5.74) is -1.02. The average Bonchev–Trinajstić information content (AvgIpc) is 3.17. The van der Waals surface area contributed by atoms with Gasteiger partial charge >= 0.3 is 23.9 Å². The van der Waals surface area contributed by atoms with E-state index in [0.29, 0.717) is 5.56 Å². The van der Waals surface area contributed by atoms with Gasteiger partial charge in [0.2, 0.25) is 11.9 Å². The van der Waals surface area contributed by atoms with E-state index in [-0.39, 0.29) is 17.7 Å². The number of hydrogen-bond donors (Lipinski definition) is 0. The lowest BCUT2D eigenvalue weighted by molar-refractivity contribution is -0.206. The van der Waals surface area contributed by atoms with Crippen LogP contribution in [0.5, 0.6) is 0 Å². The molecule has 0 aliphatic carbocycles. The number of carbonyl (C=O) groups is 4. The number of rotatable bonds is 8. The van der Waals surface area contributed by atoms with Gasteiger partial charge in [-0.05, 0) is 43.3 Å². The SMILES string of the molecule is CC(=O)O[C@H]1O[C@H](COC(=O)c2ccccc2)[C@@H](OC(=O)c2ccccc2)[C@@]1(C)OC(=O)c1ccccc1. The molecule has 1 heterocycles. The van der Waals surface area contributed by atoms with Gasteiger partial charge in [0.25, 0.3) is 0 Å². The number of hydrogen-bond acceptors (Lipinski definition) is 9. The molecule has 3 aromatic rings. The second-order valence-corrected chi connectivity index (χ2v) is 8.71. The Kier molecular flexibility index (Phi) is 8.18. The van der Waals surface area contributed by atoms with E-state index in [2.05, 4.69) is 0 Å². The van der Waals surface area contributed by atoms with Crippen LogP contribution >= 0.6 is 0 Å². The number of esters is 4. The first kappa shape index (κ1) is 26.6. The molecule has 9 nitrogen and oxygen atoms in total. The molecule has 4 atom stereocenters. The lowest BCUT2D eigenvalue weighted by atomic mass is 9.96. The highest BCUT2D eigenvalue weighted by Gasteiger charge is 2.61. The molecule has 0 aromatic heterocycles. The highest BCUT2D eigenvalue weighted by molar-refractivity contribution is 5.91. The molecule has 1 aliphatic heterocycles. The summed E-state index contributed by atoms with van der Waals surface area (Å²) in [4.78, 5) is 50.6. The largest absolute Gasteiger partial charge is 0.459 e. The topological polar surface area (TPSA) is 114 Å². The molecule has 3 aromatic carbocycles. The first-order valence-corrected chi connectivity index (χ1v) is 11.9. The molecule has 4 rings (SSSR count). The molecule has 9 heteroatoms. The molecule has 0 spiro atoms. The zero-order chi connectivity index (χ0) is 27.1. The Morgan fingerprint density at radius 1 is 0.711 bits per heavy atom. The molecular formula is C29H26O9. The van der Waals surface area contributed by atoms with Crippen molar-refractivity contribution in [3.63, 3.8) is 0 Å². The smallest absolute Gasteiger partial charge is 0.339 e. The summed E-state index contributed by atoms with van der Waals surface area (Å²) >= 11 is 0. The lowest BCUT2D eigenvalue weighted by Gasteiger charge is -2.33. The standard InChI is InChI=1S/C29H26O9/c1-19(30)35-28-29(2,38-27(33)22-16-10-5-11-17-22)24(37-26(32)21-14-8-4-9-15-21)23(36-28)18-34-25(31)20-12-6-3-7-13-20/h3-17,23-24,28H,18H2,1-2H3/t23-,24-,28+,29-/m1/s1. The van der Waals surface area contributed by atoms with E-state index in [1.807, 2.05) is 0 Å². The van der Waals surface area contributed by atoms with Gasteiger partial charge in [-0.25, -0.2) is 14.4 Å². The molecule has 0 saturated carbocycles. The van der Waals surface area contributed by atoms with Gasteiger partial charge in [0.05, 0.1) is 16.7 Å². The maximum absolute atomic E-state index is 13.1. The maximum Gasteiger partial charge on any atom is 0.339 e. The van der Waals surface area contributed by atoms with Crippen LogP contribution < -0.4 is 0 Å². The predicted molar refractivity (Wildman–Crippen MR) is 133 cm³/mol. The van der Waals surface area contributed by atoms with E-state index in [1.165, 1.54) is 6.92 Å². The zero-order valence-corrected chi connectivity index (χ0v) is 20.8. The van der Waals surface area contributed by atoms with Crippen LogP contribution in [-0.2, 0) is 28.5 Å². The Balaban J connectivity index is 1.64. The van der Waals surface area contributed by atoms with Crippen molar-refractivity contribution in [2.24, 2.45) is 0 Å². The quantitative estimate of drug-likeness (QED) is 0.323.